The summed E-state index contributed by atoms with van der Waals surface area (Å²) in [7, 11) is -3.55. The average molecular weight is 404 g/mol. The molecule has 28 heavy (non-hydrogen) atoms. The summed E-state index contributed by atoms with van der Waals surface area (Å²) >= 11 is 0. The lowest BCUT2D eigenvalue weighted by atomic mass is 9.94. The monoisotopic (exact) mass is 403 g/mol. The first-order valence-corrected chi connectivity index (χ1v) is 10.8. The van der Waals surface area contributed by atoms with Gasteiger partial charge in [-0.05, 0) is 51.2 Å². The number of nitrogen functional groups attached to an aromatic ring is 1. The van der Waals surface area contributed by atoms with Crippen LogP contribution in [0.1, 0.15) is 46.6 Å². The van der Waals surface area contributed by atoms with Gasteiger partial charge in [0.15, 0.2) is 0 Å². The van der Waals surface area contributed by atoms with Crippen LogP contribution in [0, 0.1) is 6.92 Å². The smallest absolute Gasteiger partial charge is 0.270 e. The first-order valence-electron chi connectivity index (χ1n) is 9.36. The molecule has 4 N–H and O–H groups in total. The molecule has 0 bridgehead atoms. The molecule has 0 atom stereocenters. The van der Waals surface area contributed by atoms with E-state index < -0.39 is 10.0 Å². The van der Waals surface area contributed by atoms with Crippen LogP contribution in [0.15, 0.2) is 29.2 Å². The molecule has 2 aromatic rings. The summed E-state index contributed by atoms with van der Waals surface area (Å²) in [5.41, 5.74) is 8.79. The molecule has 0 fully saturated rings. The highest BCUT2D eigenvalue weighted by Gasteiger charge is 2.21. The van der Waals surface area contributed by atoms with Crippen molar-refractivity contribution in [2.45, 2.75) is 43.9 Å². The van der Waals surface area contributed by atoms with E-state index in [2.05, 4.69) is 20.0 Å². The van der Waals surface area contributed by atoms with E-state index in [1.165, 1.54) is 0 Å². The summed E-state index contributed by atoms with van der Waals surface area (Å²) in [5.74, 6) is -0.190. The van der Waals surface area contributed by atoms with Crippen molar-refractivity contribution in [1.29, 1.82) is 0 Å². The summed E-state index contributed by atoms with van der Waals surface area (Å²) in [6.45, 7) is 2.45. The number of aromatic nitrogens is 2. The molecule has 1 aliphatic rings. The van der Waals surface area contributed by atoms with Gasteiger partial charge in [0.05, 0.1) is 4.90 Å². The molecule has 0 saturated heterocycles. The highest BCUT2D eigenvalue weighted by atomic mass is 32.2. The summed E-state index contributed by atoms with van der Waals surface area (Å²) in [5, 5.41) is 2.79. The van der Waals surface area contributed by atoms with Gasteiger partial charge in [-0.3, -0.25) is 4.79 Å². The molecule has 0 radical (unpaired) electrons. The Balaban J connectivity index is 1.51. The van der Waals surface area contributed by atoms with Gasteiger partial charge in [-0.25, -0.2) is 23.1 Å². The number of nitrogens with one attached hydrogen (secondary N) is 2. The Morgan fingerprint density at radius 1 is 1.11 bits per heavy atom. The van der Waals surface area contributed by atoms with Gasteiger partial charge in [-0.15, -0.1) is 0 Å². The third kappa shape index (κ3) is 4.85. The fraction of sp³-hybridized carbons (Fsp3) is 0.421. The van der Waals surface area contributed by atoms with Crippen molar-refractivity contribution in [3.8, 4) is 0 Å². The minimum Gasteiger partial charge on any atom is -0.368 e. The van der Waals surface area contributed by atoms with Crippen LogP contribution in [0.2, 0.25) is 0 Å². The summed E-state index contributed by atoms with van der Waals surface area (Å²) < 4.78 is 27.0. The molecule has 9 heteroatoms. The number of carbonyl (C=O) groups excluding carboxylic acids is 1. The lowest BCUT2D eigenvalue weighted by molar-refractivity contribution is 0.0947. The molecule has 1 aromatic heterocycles. The normalized spacial score (nSPS) is 13.8. The highest BCUT2D eigenvalue weighted by Crippen LogP contribution is 2.22. The first kappa shape index (κ1) is 20.2. The van der Waals surface area contributed by atoms with Crippen molar-refractivity contribution >= 4 is 21.9 Å². The van der Waals surface area contributed by atoms with Gasteiger partial charge >= 0.3 is 0 Å². The molecular formula is C19H25N5O3S. The third-order valence-electron chi connectivity index (χ3n) is 4.68. The van der Waals surface area contributed by atoms with Crippen LogP contribution in [-0.4, -0.2) is 37.4 Å². The molecule has 0 unspecified atom stereocenters. The van der Waals surface area contributed by atoms with E-state index in [1.54, 1.807) is 24.3 Å². The van der Waals surface area contributed by atoms with E-state index in [4.69, 9.17) is 5.73 Å². The van der Waals surface area contributed by atoms with E-state index in [1.807, 2.05) is 6.92 Å². The van der Waals surface area contributed by atoms with Gasteiger partial charge in [0, 0.05) is 24.3 Å². The van der Waals surface area contributed by atoms with Crippen molar-refractivity contribution in [3.05, 3.63) is 46.8 Å². The lowest BCUT2D eigenvalue weighted by Crippen LogP contribution is -2.31. The van der Waals surface area contributed by atoms with Gasteiger partial charge in [-0.2, -0.15) is 0 Å². The van der Waals surface area contributed by atoms with Crippen LogP contribution in [0.5, 0.6) is 0 Å². The van der Waals surface area contributed by atoms with Crippen LogP contribution in [0.3, 0.4) is 0 Å². The molecule has 0 spiro atoms. The van der Waals surface area contributed by atoms with E-state index in [-0.39, 0.29) is 23.3 Å². The Morgan fingerprint density at radius 3 is 2.57 bits per heavy atom. The van der Waals surface area contributed by atoms with Crippen LogP contribution < -0.4 is 15.8 Å². The zero-order valence-corrected chi connectivity index (χ0v) is 16.7. The van der Waals surface area contributed by atoms with Gasteiger partial charge < -0.3 is 11.1 Å². The zero-order chi connectivity index (χ0) is 20.1. The van der Waals surface area contributed by atoms with E-state index in [0.717, 1.165) is 42.5 Å². The molecule has 150 valence electrons. The number of fused-ring (bicyclic) bond motifs is 1. The summed E-state index contributed by atoms with van der Waals surface area (Å²) in [4.78, 5) is 21.1. The van der Waals surface area contributed by atoms with Crippen LogP contribution in [0.4, 0.5) is 5.95 Å². The molecule has 1 amide bonds. The SMILES string of the molecule is Cc1ccc(S(=O)(=O)NCCCNC(=O)c2nc(N)nc3c2CCCC3)cc1. The largest absolute Gasteiger partial charge is 0.368 e. The number of hydrogen-bond donors (Lipinski definition) is 3. The van der Waals surface area contributed by atoms with Crippen LogP contribution in [0.25, 0.3) is 0 Å². The molecule has 8 nitrogen and oxygen atoms in total. The molecule has 1 aliphatic carbocycles. The van der Waals surface area contributed by atoms with Crippen LogP contribution in [-0.2, 0) is 22.9 Å². The number of benzene rings is 1. The van der Waals surface area contributed by atoms with Gasteiger partial charge in [-0.1, -0.05) is 17.7 Å². The van der Waals surface area contributed by atoms with Crippen molar-refractivity contribution in [3.63, 3.8) is 0 Å². The Hall–Kier alpha value is -2.52. The predicted octanol–water partition coefficient (Wildman–Crippen LogP) is 1.34. The molecule has 0 saturated carbocycles. The summed E-state index contributed by atoms with van der Waals surface area (Å²) in [6, 6.07) is 6.65. The van der Waals surface area contributed by atoms with E-state index in [0.29, 0.717) is 18.7 Å². The van der Waals surface area contributed by atoms with Gasteiger partial charge in [0.2, 0.25) is 16.0 Å². The lowest BCUT2D eigenvalue weighted by Gasteiger charge is -2.17. The molecule has 1 aromatic carbocycles. The first-order chi connectivity index (χ1) is 13.4. The Kier molecular flexibility index (Phi) is 6.25. The quantitative estimate of drug-likeness (QED) is 0.599. The van der Waals surface area contributed by atoms with E-state index >= 15 is 0 Å². The van der Waals surface area contributed by atoms with E-state index in [9.17, 15) is 13.2 Å². The maximum absolute atomic E-state index is 12.5. The second-order valence-electron chi connectivity index (χ2n) is 6.88. The fourth-order valence-electron chi connectivity index (χ4n) is 3.18. The number of aryl methyl sites for hydroxylation is 2. The number of hydrogen-bond acceptors (Lipinski definition) is 6. The minimum absolute atomic E-state index is 0.108. The molecule has 1 heterocycles. The number of carbonyl (C=O) groups is 1. The molecular weight excluding hydrogens is 378 g/mol. The minimum atomic E-state index is -3.55. The Bertz CT molecular complexity index is 958. The standard InChI is InChI=1S/C19H25N5O3S/c1-13-7-9-14(10-8-13)28(26,27)22-12-4-11-21-18(25)17-15-5-2-3-6-16(15)23-19(20)24-17/h7-10,22H,2-6,11-12H2,1H3,(H,21,25)(H2,20,23,24). The number of nitrogens with zero attached hydrogens (tertiary/aromatic N) is 2. The topological polar surface area (TPSA) is 127 Å². The predicted molar refractivity (Wildman–Crippen MR) is 106 cm³/mol. The second-order valence-corrected chi connectivity index (χ2v) is 8.65. The third-order valence-corrected chi connectivity index (χ3v) is 6.15. The average Bonchev–Trinajstić information content (AvgIpc) is 2.67. The molecule has 0 aliphatic heterocycles. The van der Waals surface area contributed by atoms with Crippen molar-refractivity contribution in [2.75, 3.05) is 18.8 Å². The maximum Gasteiger partial charge on any atom is 0.270 e. The number of rotatable bonds is 7. The van der Waals surface area contributed by atoms with Crippen molar-refractivity contribution < 1.29 is 13.2 Å². The second kappa shape index (κ2) is 8.66. The molecule has 3 rings (SSSR count). The number of anilines is 1. The van der Waals surface area contributed by atoms with Gasteiger partial charge in [0.1, 0.15) is 5.69 Å². The number of nitrogens with two attached hydrogens (primary N) is 1. The van der Waals surface area contributed by atoms with Crippen molar-refractivity contribution in [2.24, 2.45) is 0 Å². The Morgan fingerprint density at radius 2 is 1.82 bits per heavy atom. The van der Waals surface area contributed by atoms with Gasteiger partial charge in [0.25, 0.3) is 5.91 Å². The summed E-state index contributed by atoms with van der Waals surface area (Å²) in [6.07, 6.45) is 4.07. The van der Waals surface area contributed by atoms with Crippen LogP contribution >= 0.6 is 0 Å². The Labute approximate surface area is 165 Å². The zero-order valence-electron chi connectivity index (χ0n) is 15.9. The maximum atomic E-state index is 12.5. The van der Waals surface area contributed by atoms with Crippen molar-refractivity contribution in [1.82, 2.24) is 20.0 Å². The number of amides is 1. The fourth-order valence-corrected chi connectivity index (χ4v) is 4.26. The number of sulfonamides is 1. The highest BCUT2D eigenvalue weighted by molar-refractivity contribution is 7.89.